The van der Waals surface area contributed by atoms with Gasteiger partial charge in [0.25, 0.3) is 0 Å². The number of rotatable bonds is 5. The van der Waals surface area contributed by atoms with Gasteiger partial charge < -0.3 is 9.64 Å². The summed E-state index contributed by atoms with van der Waals surface area (Å²) in [7, 11) is 0. The van der Waals surface area contributed by atoms with E-state index >= 15 is 0 Å². The molecule has 0 bridgehead atoms. The van der Waals surface area contributed by atoms with Crippen molar-refractivity contribution in [1.29, 1.82) is 0 Å². The molecule has 5 heteroatoms. The summed E-state index contributed by atoms with van der Waals surface area (Å²) < 4.78 is 4.82. The Balaban J connectivity index is 1.82. The number of carbonyl (C=O) groups is 2. The number of benzene rings is 1. The Morgan fingerprint density at radius 3 is 2.36 bits per heavy atom. The van der Waals surface area contributed by atoms with Crippen molar-refractivity contribution in [2.24, 2.45) is 0 Å². The van der Waals surface area contributed by atoms with E-state index in [1.807, 2.05) is 18.2 Å². The van der Waals surface area contributed by atoms with E-state index in [2.05, 4.69) is 24.0 Å². The number of ether oxygens (including phenoxy) is 1. The van der Waals surface area contributed by atoms with Gasteiger partial charge in [-0.25, -0.2) is 0 Å². The summed E-state index contributed by atoms with van der Waals surface area (Å²) >= 11 is 0. The zero-order valence-corrected chi connectivity index (χ0v) is 13.3. The van der Waals surface area contributed by atoms with Crippen molar-refractivity contribution in [3.8, 4) is 0 Å². The van der Waals surface area contributed by atoms with E-state index in [1.165, 1.54) is 5.56 Å². The summed E-state index contributed by atoms with van der Waals surface area (Å²) in [4.78, 5) is 27.5. The zero-order chi connectivity index (χ0) is 15.9. The van der Waals surface area contributed by atoms with Crippen LogP contribution < -0.4 is 0 Å². The predicted octanol–water partition coefficient (Wildman–Crippen LogP) is 1.84. The fraction of sp³-hybridized carbons (Fsp3) is 0.529. The number of esters is 1. The summed E-state index contributed by atoms with van der Waals surface area (Å²) in [6.07, 6.45) is -0.151. The molecule has 22 heavy (non-hydrogen) atoms. The summed E-state index contributed by atoms with van der Waals surface area (Å²) in [5.41, 5.74) is 1.29. The second-order valence-corrected chi connectivity index (χ2v) is 5.49. The van der Waals surface area contributed by atoms with Gasteiger partial charge in [0.2, 0.25) is 5.91 Å². The van der Waals surface area contributed by atoms with E-state index in [-0.39, 0.29) is 12.3 Å². The van der Waals surface area contributed by atoms with Crippen LogP contribution in [0.5, 0.6) is 0 Å². The highest BCUT2D eigenvalue weighted by atomic mass is 16.5. The third-order valence-corrected chi connectivity index (χ3v) is 4.10. The standard InChI is InChI=1S/C17H24N2O3/c1-3-22-17(21)13-16(20)19-11-9-18(10-12-19)14(2)15-7-5-4-6-8-15/h4-8,14H,3,9-13H2,1-2H3. The maximum absolute atomic E-state index is 12.0. The van der Waals surface area contributed by atoms with E-state index in [9.17, 15) is 9.59 Å². The van der Waals surface area contributed by atoms with Gasteiger partial charge in [0, 0.05) is 32.2 Å². The van der Waals surface area contributed by atoms with Gasteiger partial charge in [0.15, 0.2) is 0 Å². The highest BCUT2D eigenvalue weighted by Gasteiger charge is 2.25. The summed E-state index contributed by atoms with van der Waals surface area (Å²) in [5.74, 6) is -0.571. The van der Waals surface area contributed by atoms with E-state index in [0.29, 0.717) is 25.7 Å². The lowest BCUT2D eigenvalue weighted by Gasteiger charge is -2.38. The van der Waals surface area contributed by atoms with E-state index in [1.54, 1.807) is 11.8 Å². The van der Waals surface area contributed by atoms with E-state index in [4.69, 9.17) is 4.74 Å². The van der Waals surface area contributed by atoms with Crippen molar-refractivity contribution in [1.82, 2.24) is 9.80 Å². The highest BCUT2D eigenvalue weighted by molar-refractivity contribution is 5.94. The maximum atomic E-state index is 12.0. The van der Waals surface area contributed by atoms with Crippen LogP contribution in [0.25, 0.3) is 0 Å². The number of amides is 1. The molecule has 0 aliphatic carbocycles. The van der Waals surface area contributed by atoms with Crippen LogP contribution in [-0.4, -0.2) is 54.5 Å². The maximum Gasteiger partial charge on any atom is 0.315 e. The first-order valence-electron chi connectivity index (χ1n) is 7.84. The minimum atomic E-state index is -0.437. The fourth-order valence-corrected chi connectivity index (χ4v) is 2.75. The van der Waals surface area contributed by atoms with Crippen molar-refractivity contribution < 1.29 is 14.3 Å². The molecule has 0 N–H and O–H groups in total. The van der Waals surface area contributed by atoms with Crippen LogP contribution in [0.4, 0.5) is 0 Å². The van der Waals surface area contributed by atoms with Crippen LogP contribution in [0.2, 0.25) is 0 Å². The first kappa shape index (κ1) is 16.5. The van der Waals surface area contributed by atoms with Gasteiger partial charge in [0.05, 0.1) is 6.61 Å². The molecule has 1 heterocycles. The second-order valence-electron chi connectivity index (χ2n) is 5.49. The van der Waals surface area contributed by atoms with Crippen LogP contribution >= 0.6 is 0 Å². The topological polar surface area (TPSA) is 49.9 Å². The Bertz CT molecular complexity index is 496. The largest absolute Gasteiger partial charge is 0.466 e. The molecule has 5 nitrogen and oxygen atoms in total. The third-order valence-electron chi connectivity index (χ3n) is 4.10. The molecule has 120 valence electrons. The van der Waals surface area contributed by atoms with Crippen LogP contribution in [0.15, 0.2) is 30.3 Å². The van der Waals surface area contributed by atoms with Gasteiger partial charge in [-0.2, -0.15) is 0 Å². The molecule has 1 aliphatic heterocycles. The van der Waals surface area contributed by atoms with Gasteiger partial charge >= 0.3 is 5.97 Å². The summed E-state index contributed by atoms with van der Waals surface area (Å²) in [5, 5.41) is 0. The third kappa shape index (κ3) is 4.31. The lowest BCUT2D eigenvalue weighted by atomic mass is 10.1. The molecule has 1 aromatic carbocycles. The van der Waals surface area contributed by atoms with E-state index in [0.717, 1.165) is 13.1 Å². The predicted molar refractivity (Wildman–Crippen MR) is 84.3 cm³/mol. The fourth-order valence-electron chi connectivity index (χ4n) is 2.75. The van der Waals surface area contributed by atoms with Gasteiger partial charge in [-0.1, -0.05) is 30.3 Å². The molecule has 0 radical (unpaired) electrons. The molecule has 1 saturated heterocycles. The Labute approximate surface area is 131 Å². The number of hydrogen-bond donors (Lipinski definition) is 0. The minimum absolute atomic E-state index is 0.134. The normalized spacial score (nSPS) is 17.1. The van der Waals surface area contributed by atoms with Crippen LogP contribution in [0.3, 0.4) is 0 Å². The zero-order valence-electron chi connectivity index (χ0n) is 13.3. The average molecular weight is 304 g/mol. The van der Waals surface area contributed by atoms with Crippen molar-refractivity contribution >= 4 is 11.9 Å². The Morgan fingerprint density at radius 1 is 1.14 bits per heavy atom. The first-order chi connectivity index (χ1) is 10.6. The van der Waals surface area contributed by atoms with Gasteiger partial charge in [-0.05, 0) is 19.4 Å². The van der Waals surface area contributed by atoms with Gasteiger partial charge in [-0.15, -0.1) is 0 Å². The van der Waals surface area contributed by atoms with Crippen molar-refractivity contribution in [3.63, 3.8) is 0 Å². The minimum Gasteiger partial charge on any atom is -0.466 e. The highest BCUT2D eigenvalue weighted by Crippen LogP contribution is 2.21. The molecular weight excluding hydrogens is 280 g/mol. The van der Waals surface area contributed by atoms with Crippen LogP contribution in [0, 0.1) is 0 Å². The summed E-state index contributed by atoms with van der Waals surface area (Å²) in [6, 6.07) is 10.7. The van der Waals surface area contributed by atoms with Crippen molar-refractivity contribution in [3.05, 3.63) is 35.9 Å². The smallest absolute Gasteiger partial charge is 0.315 e. The number of nitrogens with zero attached hydrogens (tertiary/aromatic N) is 2. The molecule has 0 saturated carbocycles. The number of piperazine rings is 1. The molecule has 1 atom stereocenters. The molecule has 1 unspecified atom stereocenters. The molecule has 1 amide bonds. The quantitative estimate of drug-likeness (QED) is 0.615. The SMILES string of the molecule is CCOC(=O)CC(=O)N1CCN(C(C)c2ccccc2)CC1. The van der Waals surface area contributed by atoms with Crippen LogP contribution in [0.1, 0.15) is 31.9 Å². The Hall–Kier alpha value is -1.88. The Kier molecular flexibility index (Phi) is 5.95. The molecule has 1 aliphatic rings. The number of hydrogen-bond acceptors (Lipinski definition) is 4. The van der Waals surface area contributed by atoms with Gasteiger partial charge in [0.1, 0.15) is 6.42 Å². The molecule has 1 fully saturated rings. The monoisotopic (exact) mass is 304 g/mol. The molecule has 2 rings (SSSR count). The molecule has 0 spiro atoms. The molecule has 1 aromatic rings. The lowest BCUT2D eigenvalue weighted by Crippen LogP contribution is -2.49. The van der Waals surface area contributed by atoms with Crippen molar-refractivity contribution in [2.45, 2.75) is 26.3 Å². The second kappa shape index (κ2) is 7.94. The average Bonchev–Trinajstić information content (AvgIpc) is 2.55. The first-order valence-corrected chi connectivity index (χ1v) is 7.84. The Morgan fingerprint density at radius 2 is 1.77 bits per heavy atom. The van der Waals surface area contributed by atoms with E-state index < -0.39 is 5.97 Å². The molecular formula is C17H24N2O3. The molecule has 0 aromatic heterocycles. The van der Waals surface area contributed by atoms with Crippen molar-refractivity contribution in [2.75, 3.05) is 32.8 Å². The lowest BCUT2D eigenvalue weighted by molar-refractivity contribution is -0.149. The van der Waals surface area contributed by atoms with Gasteiger partial charge in [-0.3, -0.25) is 14.5 Å². The summed E-state index contributed by atoms with van der Waals surface area (Å²) in [6.45, 7) is 7.21. The number of carbonyl (C=O) groups excluding carboxylic acids is 2. The van der Waals surface area contributed by atoms with Crippen LogP contribution in [-0.2, 0) is 14.3 Å².